The second-order valence-corrected chi connectivity index (χ2v) is 11.1. The quantitative estimate of drug-likeness (QED) is 0.124. The van der Waals surface area contributed by atoms with Gasteiger partial charge in [0.25, 0.3) is 0 Å². The van der Waals surface area contributed by atoms with Crippen LogP contribution >= 0.6 is 11.6 Å². The first-order valence-electron chi connectivity index (χ1n) is 14.8. The van der Waals surface area contributed by atoms with Gasteiger partial charge in [-0.2, -0.15) is 0 Å². The molecule has 0 heterocycles. The molecule has 2 N–H and O–H groups in total. The highest BCUT2D eigenvalue weighted by Crippen LogP contribution is 2.22. The van der Waals surface area contributed by atoms with E-state index < -0.39 is 0 Å². The number of carbonyl (C=O) groups is 2. The average molecular weight is 624 g/mol. The molecular weight excluding hydrogens is 590 g/mol. The molecular formula is C40H34ClN3O2. The van der Waals surface area contributed by atoms with E-state index in [2.05, 4.69) is 10.6 Å². The monoisotopic (exact) mass is 623 g/mol. The molecule has 0 saturated heterocycles. The standard InChI is InChI=1S/C21H20N2O.C19H14ClNO/c1-23(2)18-12-10-17(11-13-18)22-15-14-21(24)20-9-5-7-16-6-3-4-8-19(16)20;20-17-10-3-4-11-18(17)21-13-12-19(22)16-9-5-7-14-6-1-2-8-15(14)16/h3-15,22H,1-2H3;1-13,21H/b15-14-;13-12-. The number of halogens is 1. The van der Waals surface area contributed by atoms with Crippen LogP contribution in [0.25, 0.3) is 21.5 Å². The number of allylic oxidation sites excluding steroid dienone is 2. The van der Waals surface area contributed by atoms with Crippen molar-refractivity contribution in [1.29, 1.82) is 0 Å². The summed E-state index contributed by atoms with van der Waals surface area (Å²) in [4.78, 5) is 26.9. The smallest absolute Gasteiger partial charge is 0.187 e. The molecule has 0 bridgehead atoms. The molecule has 6 heteroatoms. The van der Waals surface area contributed by atoms with E-state index in [1.54, 1.807) is 24.5 Å². The number of hydrogen-bond donors (Lipinski definition) is 2. The van der Waals surface area contributed by atoms with Crippen molar-refractivity contribution in [2.24, 2.45) is 0 Å². The Hall–Kier alpha value is -5.65. The van der Waals surface area contributed by atoms with Crippen molar-refractivity contribution in [3.8, 4) is 0 Å². The lowest BCUT2D eigenvalue weighted by Crippen LogP contribution is -2.08. The van der Waals surface area contributed by atoms with E-state index in [1.165, 1.54) is 6.08 Å². The van der Waals surface area contributed by atoms with E-state index in [1.807, 2.05) is 146 Å². The van der Waals surface area contributed by atoms with Gasteiger partial charge in [0.15, 0.2) is 11.6 Å². The van der Waals surface area contributed by atoms with E-state index in [0.29, 0.717) is 16.1 Å². The minimum Gasteiger partial charge on any atom is -0.378 e. The average Bonchev–Trinajstić information content (AvgIpc) is 3.09. The Morgan fingerprint density at radius 1 is 0.565 bits per heavy atom. The first kappa shape index (κ1) is 31.8. The summed E-state index contributed by atoms with van der Waals surface area (Å²) in [6, 6.07) is 42.7. The summed E-state index contributed by atoms with van der Waals surface area (Å²) in [5.41, 5.74) is 4.26. The van der Waals surface area contributed by atoms with Gasteiger partial charge in [-0.25, -0.2) is 0 Å². The summed E-state index contributed by atoms with van der Waals surface area (Å²) in [6.45, 7) is 0. The van der Waals surface area contributed by atoms with E-state index in [4.69, 9.17) is 11.6 Å². The molecule has 0 atom stereocenters. The number of fused-ring (bicyclic) bond motifs is 2. The van der Waals surface area contributed by atoms with Gasteiger partial charge in [-0.3, -0.25) is 9.59 Å². The maximum absolute atomic E-state index is 12.5. The Kier molecular flexibility index (Phi) is 10.6. The van der Waals surface area contributed by atoms with E-state index in [9.17, 15) is 9.59 Å². The van der Waals surface area contributed by atoms with Gasteiger partial charge in [0, 0.05) is 61.1 Å². The third-order valence-electron chi connectivity index (χ3n) is 7.33. The molecule has 0 aliphatic heterocycles. The van der Waals surface area contributed by atoms with Crippen LogP contribution in [0.15, 0.2) is 158 Å². The van der Waals surface area contributed by atoms with Crippen LogP contribution in [0.2, 0.25) is 5.02 Å². The third kappa shape index (κ3) is 8.08. The van der Waals surface area contributed by atoms with Crippen molar-refractivity contribution in [3.63, 3.8) is 0 Å². The number of rotatable bonds is 9. The number of carbonyl (C=O) groups excluding carboxylic acids is 2. The summed E-state index contributed by atoms with van der Waals surface area (Å²) in [5.74, 6) is -0.0550. The van der Waals surface area contributed by atoms with Gasteiger partial charge in [-0.05, 0) is 57.9 Å². The van der Waals surface area contributed by atoms with Crippen molar-refractivity contribution in [2.45, 2.75) is 0 Å². The Balaban J connectivity index is 0.000000182. The largest absolute Gasteiger partial charge is 0.378 e. The van der Waals surface area contributed by atoms with Crippen LogP contribution in [-0.2, 0) is 0 Å². The molecule has 0 unspecified atom stereocenters. The number of nitrogens with one attached hydrogen (secondary N) is 2. The summed E-state index contributed by atoms with van der Waals surface area (Å²) >= 11 is 6.05. The predicted molar refractivity (Wildman–Crippen MR) is 194 cm³/mol. The fourth-order valence-corrected chi connectivity index (χ4v) is 5.11. The lowest BCUT2D eigenvalue weighted by Gasteiger charge is -2.12. The molecule has 0 fully saturated rings. The molecule has 5 nitrogen and oxygen atoms in total. The van der Waals surface area contributed by atoms with Crippen LogP contribution in [0.1, 0.15) is 20.7 Å². The van der Waals surface area contributed by atoms with E-state index in [0.717, 1.165) is 38.6 Å². The van der Waals surface area contributed by atoms with Crippen LogP contribution in [0, 0.1) is 0 Å². The predicted octanol–water partition coefficient (Wildman–Crippen LogP) is 10.0. The number of benzene rings is 6. The van der Waals surface area contributed by atoms with E-state index in [-0.39, 0.29) is 11.6 Å². The second kappa shape index (κ2) is 15.4. The van der Waals surface area contributed by atoms with Gasteiger partial charge in [0.2, 0.25) is 0 Å². The van der Waals surface area contributed by atoms with Crippen LogP contribution in [0.5, 0.6) is 0 Å². The zero-order valence-corrected chi connectivity index (χ0v) is 26.4. The fraction of sp³-hybridized carbons (Fsp3) is 0.0500. The van der Waals surface area contributed by atoms with E-state index >= 15 is 0 Å². The topological polar surface area (TPSA) is 61.4 Å². The molecule has 228 valence electrons. The molecule has 0 amide bonds. The first-order chi connectivity index (χ1) is 22.4. The summed E-state index contributed by atoms with van der Waals surface area (Å²) in [7, 11) is 4.01. The van der Waals surface area contributed by atoms with Crippen molar-refractivity contribution in [3.05, 3.63) is 174 Å². The van der Waals surface area contributed by atoms with Gasteiger partial charge in [-0.15, -0.1) is 0 Å². The van der Waals surface area contributed by atoms with Gasteiger partial charge < -0.3 is 15.5 Å². The summed E-state index contributed by atoms with van der Waals surface area (Å²) < 4.78 is 0. The zero-order valence-electron chi connectivity index (χ0n) is 25.7. The summed E-state index contributed by atoms with van der Waals surface area (Å²) in [5, 5.41) is 10.8. The molecule has 0 saturated carbocycles. The molecule has 0 radical (unpaired) electrons. The molecule has 46 heavy (non-hydrogen) atoms. The maximum Gasteiger partial charge on any atom is 0.187 e. The second-order valence-electron chi connectivity index (χ2n) is 10.7. The fourth-order valence-electron chi connectivity index (χ4n) is 4.91. The number of anilines is 3. The molecule has 0 spiro atoms. The highest BCUT2D eigenvalue weighted by Gasteiger charge is 2.07. The Bertz CT molecular complexity index is 2020. The normalized spacial score (nSPS) is 10.9. The number of ketones is 2. The Morgan fingerprint density at radius 2 is 1.04 bits per heavy atom. The molecule has 6 aromatic carbocycles. The van der Waals surface area contributed by atoms with Crippen LogP contribution in [0.4, 0.5) is 17.1 Å². The minimum atomic E-state index is -0.0450. The molecule has 0 aromatic heterocycles. The SMILES string of the molecule is CN(C)c1ccc(N/C=C\C(=O)c2cccc3ccccc23)cc1.O=C(/C=C\Nc1ccccc1Cl)c1cccc2ccccc12. The van der Waals surface area contributed by atoms with Gasteiger partial charge in [-0.1, -0.05) is 109 Å². The molecule has 6 aromatic rings. The lowest BCUT2D eigenvalue weighted by molar-refractivity contribution is 0.104. The van der Waals surface area contributed by atoms with Crippen LogP contribution in [-0.4, -0.2) is 25.7 Å². The lowest BCUT2D eigenvalue weighted by atomic mass is 10.0. The zero-order chi connectivity index (χ0) is 32.3. The molecule has 0 aliphatic rings. The Labute approximate surface area is 274 Å². The minimum absolute atomic E-state index is 0.00999. The summed E-state index contributed by atoms with van der Waals surface area (Å²) in [6.07, 6.45) is 6.40. The molecule has 0 aliphatic carbocycles. The third-order valence-corrected chi connectivity index (χ3v) is 7.66. The van der Waals surface area contributed by atoms with Gasteiger partial charge in [0.1, 0.15) is 0 Å². The number of hydrogen-bond acceptors (Lipinski definition) is 5. The van der Waals surface area contributed by atoms with Gasteiger partial charge in [0.05, 0.1) is 10.7 Å². The first-order valence-corrected chi connectivity index (χ1v) is 15.2. The Morgan fingerprint density at radius 3 is 1.59 bits per heavy atom. The number of para-hydroxylation sites is 1. The number of nitrogens with zero attached hydrogens (tertiary/aromatic N) is 1. The molecule has 6 rings (SSSR count). The van der Waals surface area contributed by atoms with Crippen LogP contribution < -0.4 is 15.5 Å². The highest BCUT2D eigenvalue weighted by atomic mass is 35.5. The maximum atomic E-state index is 12.5. The van der Waals surface area contributed by atoms with Crippen molar-refractivity contribution in [1.82, 2.24) is 0 Å². The van der Waals surface area contributed by atoms with Crippen LogP contribution in [0.3, 0.4) is 0 Å². The van der Waals surface area contributed by atoms with Crippen molar-refractivity contribution >= 4 is 61.8 Å². The highest BCUT2D eigenvalue weighted by molar-refractivity contribution is 6.33. The van der Waals surface area contributed by atoms with Gasteiger partial charge >= 0.3 is 0 Å². The van der Waals surface area contributed by atoms with Crippen molar-refractivity contribution in [2.75, 3.05) is 29.6 Å². The van der Waals surface area contributed by atoms with Crippen molar-refractivity contribution < 1.29 is 9.59 Å².